The van der Waals surface area contributed by atoms with E-state index in [4.69, 9.17) is 0 Å². The molecular formula is C15H15BrO2S. The van der Waals surface area contributed by atoms with Crippen molar-refractivity contribution < 1.29 is 8.42 Å². The lowest BCUT2D eigenvalue weighted by Gasteiger charge is -2.12. The number of aryl methyl sites for hydroxylation is 3. The summed E-state index contributed by atoms with van der Waals surface area (Å²) in [6, 6.07) is 10.5. The second-order valence-electron chi connectivity index (χ2n) is 4.69. The molecule has 0 bridgehead atoms. The highest BCUT2D eigenvalue weighted by atomic mass is 79.9. The summed E-state index contributed by atoms with van der Waals surface area (Å²) in [7, 11) is -3.45. The molecule has 2 nitrogen and oxygen atoms in total. The minimum absolute atomic E-state index is 0.325. The fourth-order valence-corrected chi connectivity index (χ4v) is 4.28. The lowest BCUT2D eigenvalue weighted by atomic mass is 10.1. The predicted octanol–water partition coefficient (Wildman–Crippen LogP) is 4.21. The van der Waals surface area contributed by atoms with Crippen LogP contribution in [0.25, 0.3) is 0 Å². The van der Waals surface area contributed by atoms with Crippen molar-refractivity contribution in [2.24, 2.45) is 0 Å². The largest absolute Gasteiger partial charge is 0.218 e. The molecule has 0 fully saturated rings. The third-order valence-electron chi connectivity index (χ3n) is 3.00. The van der Waals surface area contributed by atoms with Crippen LogP contribution >= 0.6 is 15.9 Å². The van der Waals surface area contributed by atoms with Crippen molar-refractivity contribution in [2.45, 2.75) is 30.6 Å². The van der Waals surface area contributed by atoms with Crippen molar-refractivity contribution in [2.75, 3.05) is 0 Å². The third kappa shape index (κ3) is 2.74. The van der Waals surface area contributed by atoms with Crippen LogP contribution in [0.1, 0.15) is 16.7 Å². The van der Waals surface area contributed by atoms with Gasteiger partial charge in [0.25, 0.3) is 0 Å². The topological polar surface area (TPSA) is 34.1 Å². The van der Waals surface area contributed by atoms with Gasteiger partial charge < -0.3 is 0 Å². The van der Waals surface area contributed by atoms with Crippen LogP contribution in [0, 0.1) is 20.8 Å². The van der Waals surface area contributed by atoms with Crippen LogP contribution in [0.4, 0.5) is 0 Å². The summed E-state index contributed by atoms with van der Waals surface area (Å²) in [4.78, 5) is 0.742. The monoisotopic (exact) mass is 338 g/mol. The molecule has 4 heteroatoms. The van der Waals surface area contributed by atoms with E-state index in [-0.39, 0.29) is 0 Å². The number of hydrogen-bond donors (Lipinski definition) is 0. The Morgan fingerprint density at radius 2 is 1.37 bits per heavy atom. The van der Waals surface area contributed by atoms with Gasteiger partial charge in [0.05, 0.1) is 9.79 Å². The van der Waals surface area contributed by atoms with Crippen molar-refractivity contribution in [3.63, 3.8) is 0 Å². The Balaban J connectivity index is 2.67. The Morgan fingerprint density at radius 1 is 0.895 bits per heavy atom. The Labute approximate surface area is 122 Å². The van der Waals surface area contributed by atoms with Crippen LogP contribution in [0.2, 0.25) is 0 Å². The van der Waals surface area contributed by atoms with Crippen molar-refractivity contribution in [1.29, 1.82) is 0 Å². The van der Waals surface area contributed by atoms with E-state index in [1.807, 2.05) is 32.9 Å². The molecule has 0 aromatic heterocycles. The van der Waals surface area contributed by atoms with E-state index in [2.05, 4.69) is 15.9 Å². The molecule has 2 aromatic carbocycles. The first-order valence-corrected chi connectivity index (χ1v) is 8.18. The summed E-state index contributed by atoms with van der Waals surface area (Å²) in [6.07, 6.45) is 0. The second kappa shape index (κ2) is 5.10. The molecular weight excluding hydrogens is 324 g/mol. The molecule has 100 valence electrons. The van der Waals surface area contributed by atoms with E-state index in [1.54, 1.807) is 24.3 Å². The number of rotatable bonds is 2. The van der Waals surface area contributed by atoms with E-state index in [1.165, 1.54) is 0 Å². The number of benzene rings is 2. The predicted molar refractivity (Wildman–Crippen MR) is 80.2 cm³/mol. The highest BCUT2D eigenvalue weighted by molar-refractivity contribution is 9.10. The molecule has 0 aliphatic heterocycles. The summed E-state index contributed by atoms with van der Waals surface area (Å²) in [5, 5.41) is 0. The molecule has 0 spiro atoms. The van der Waals surface area contributed by atoms with E-state index in [0.29, 0.717) is 9.79 Å². The normalized spacial score (nSPS) is 11.6. The van der Waals surface area contributed by atoms with E-state index >= 15 is 0 Å². The van der Waals surface area contributed by atoms with Gasteiger partial charge in [-0.2, -0.15) is 0 Å². The number of sulfone groups is 1. The van der Waals surface area contributed by atoms with Crippen LogP contribution in [0.5, 0.6) is 0 Å². The first-order valence-electron chi connectivity index (χ1n) is 5.91. The lowest BCUT2D eigenvalue weighted by molar-refractivity contribution is 0.595. The summed E-state index contributed by atoms with van der Waals surface area (Å²) < 4.78 is 26.2. The first kappa shape index (κ1) is 14.3. The van der Waals surface area contributed by atoms with Gasteiger partial charge in [0.1, 0.15) is 0 Å². The maximum Gasteiger partial charge on any atom is 0.207 e. The Morgan fingerprint density at radius 3 is 1.84 bits per heavy atom. The van der Waals surface area contributed by atoms with Crippen LogP contribution in [0.15, 0.2) is 50.7 Å². The lowest BCUT2D eigenvalue weighted by Crippen LogP contribution is -2.06. The zero-order valence-corrected chi connectivity index (χ0v) is 13.5. The van der Waals surface area contributed by atoms with Crippen LogP contribution < -0.4 is 0 Å². The van der Waals surface area contributed by atoms with Gasteiger partial charge in [-0.25, -0.2) is 8.42 Å². The van der Waals surface area contributed by atoms with Crippen molar-refractivity contribution in [3.8, 4) is 0 Å². The summed E-state index contributed by atoms with van der Waals surface area (Å²) in [5.74, 6) is 0. The molecule has 0 atom stereocenters. The van der Waals surface area contributed by atoms with Gasteiger partial charge in [-0.3, -0.25) is 0 Å². The van der Waals surface area contributed by atoms with Gasteiger partial charge in [0.2, 0.25) is 9.84 Å². The summed E-state index contributed by atoms with van der Waals surface area (Å²) in [5.41, 5.74) is 2.66. The highest BCUT2D eigenvalue weighted by Crippen LogP contribution is 2.28. The fraction of sp³-hybridized carbons (Fsp3) is 0.200. The standard InChI is InChI=1S/C15H15BrO2S/c1-10-8-11(2)15(12(3)9-10)19(17,18)14-6-4-13(16)5-7-14/h4-9H,1-3H3. The molecule has 2 aromatic rings. The summed E-state index contributed by atoms with van der Waals surface area (Å²) >= 11 is 3.31. The minimum atomic E-state index is -3.45. The van der Waals surface area contributed by atoms with Crippen molar-refractivity contribution >= 4 is 25.8 Å². The maximum absolute atomic E-state index is 12.7. The first-order chi connectivity index (χ1) is 8.82. The van der Waals surface area contributed by atoms with Crippen LogP contribution in [-0.4, -0.2) is 8.42 Å². The van der Waals surface area contributed by atoms with Gasteiger partial charge in [0, 0.05) is 4.47 Å². The molecule has 0 saturated heterocycles. The van der Waals surface area contributed by atoms with E-state index in [0.717, 1.165) is 21.2 Å². The third-order valence-corrected chi connectivity index (χ3v) is 5.60. The number of halogens is 1. The molecule has 0 N–H and O–H groups in total. The Hall–Kier alpha value is -1.13. The van der Waals surface area contributed by atoms with Crippen molar-refractivity contribution in [1.82, 2.24) is 0 Å². The van der Waals surface area contributed by atoms with Gasteiger partial charge >= 0.3 is 0 Å². The van der Waals surface area contributed by atoms with Crippen LogP contribution in [0.3, 0.4) is 0 Å². The maximum atomic E-state index is 12.7. The molecule has 0 aliphatic carbocycles. The van der Waals surface area contributed by atoms with Gasteiger partial charge in [-0.15, -0.1) is 0 Å². The van der Waals surface area contributed by atoms with E-state index in [9.17, 15) is 8.42 Å². The average molecular weight is 339 g/mol. The molecule has 0 saturated carbocycles. The minimum Gasteiger partial charge on any atom is -0.218 e. The Kier molecular flexibility index (Phi) is 3.83. The average Bonchev–Trinajstić information content (AvgIpc) is 2.27. The molecule has 0 heterocycles. The smallest absolute Gasteiger partial charge is 0.207 e. The second-order valence-corrected chi connectivity index (χ2v) is 7.49. The molecule has 19 heavy (non-hydrogen) atoms. The zero-order chi connectivity index (χ0) is 14.2. The van der Waals surface area contributed by atoms with Gasteiger partial charge in [-0.1, -0.05) is 33.6 Å². The number of hydrogen-bond acceptors (Lipinski definition) is 2. The van der Waals surface area contributed by atoms with Crippen molar-refractivity contribution in [3.05, 3.63) is 57.6 Å². The fourth-order valence-electron chi connectivity index (χ4n) is 2.32. The van der Waals surface area contributed by atoms with E-state index < -0.39 is 9.84 Å². The molecule has 0 amide bonds. The Bertz CT molecular complexity index is 693. The van der Waals surface area contributed by atoms with Gasteiger partial charge in [0.15, 0.2) is 0 Å². The molecule has 2 rings (SSSR count). The molecule has 0 radical (unpaired) electrons. The SMILES string of the molecule is Cc1cc(C)c(S(=O)(=O)c2ccc(Br)cc2)c(C)c1. The quantitative estimate of drug-likeness (QED) is 0.821. The van der Waals surface area contributed by atoms with Gasteiger partial charge in [-0.05, 0) is 56.2 Å². The zero-order valence-electron chi connectivity index (χ0n) is 11.1. The molecule has 0 aliphatic rings. The highest BCUT2D eigenvalue weighted by Gasteiger charge is 2.22. The summed E-state index contributed by atoms with van der Waals surface area (Å²) in [6.45, 7) is 5.65. The van der Waals surface area contributed by atoms with Crippen LogP contribution in [-0.2, 0) is 9.84 Å². The molecule has 0 unspecified atom stereocenters.